The fourth-order valence-electron chi connectivity index (χ4n) is 4.47. The van der Waals surface area contributed by atoms with Crippen LogP contribution in [0.25, 0.3) is 0 Å². The average Bonchev–Trinajstić information content (AvgIpc) is 2.65. The Labute approximate surface area is 160 Å². The van der Waals surface area contributed by atoms with Gasteiger partial charge in [0.05, 0.1) is 13.2 Å². The number of piperidine rings is 1. The van der Waals surface area contributed by atoms with Gasteiger partial charge < -0.3 is 4.74 Å². The quantitative estimate of drug-likeness (QED) is 0.802. The highest BCUT2D eigenvalue weighted by Crippen LogP contribution is 2.34. The van der Waals surface area contributed by atoms with Crippen LogP contribution in [0.4, 0.5) is 4.39 Å². The van der Waals surface area contributed by atoms with E-state index in [9.17, 15) is 9.18 Å². The first-order valence-electron chi connectivity index (χ1n) is 9.75. The molecule has 0 radical (unpaired) electrons. The number of morpholine rings is 1. The highest BCUT2D eigenvalue weighted by molar-refractivity contribution is 5.83. The van der Waals surface area contributed by atoms with Crippen LogP contribution >= 0.6 is 0 Å². The normalized spacial score (nSPS) is 25.3. The fraction of sp³-hybridized carbons (Fsp3) is 0.435. The molecule has 142 valence electrons. The number of ether oxygens (including phenoxy) is 1. The predicted molar refractivity (Wildman–Crippen MR) is 103 cm³/mol. The lowest BCUT2D eigenvalue weighted by molar-refractivity contribution is -0.133. The Bertz CT molecular complexity index is 793. The zero-order valence-electron chi connectivity index (χ0n) is 15.7. The number of rotatable bonds is 5. The molecule has 0 saturated carbocycles. The maximum absolute atomic E-state index is 13.6. The van der Waals surface area contributed by atoms with Crippen LogP contribution in [0.3, 0.4) is 0 Å². The first-order valence-corrected chi connectivity index (χ1v) is 9.75. The Balaban J connectivity index is 1.44. The van der Waals surface area contributed by atoms with Crippen LogP contribution in [0.15, 0.2) is 48.5 Å². The molecule has 2 bridgehead atoms. The number of ketones is 1. The highest BCUT2D eigenvalue weighted by Gasteiger charge is 2.41. The van der Waals surface area contributed by atoms with Crippen LogP contribution < -0.4 is 0 Å². The largest absolute Gasteiger partial charge is 0.378 e. The predicted octanol–water partition coefficient (Wildman–Crippen LogP) is 3.93. The second-order valence-electron chi connectivity index (χ2n) is 7.89. The van der Waals surface area contributed by atoms with Gasteiger partial charge in [-0.05, 0) is 48.6 Å². The minimum Gasteiger partial charge on any atom is -0.378 e. The van der Waals surface area contributed by atoms with Gasteiger partial charge in [0.2, 0.25) is 0 Å². The summed E-state index contributed by atoms with van der Waals surface area (Å²) in [6.45, 7) is 4.22. The van der Waals surface area contributed by atoms with E-state index in [4.69, 9.17) is 4.74 Å². The van der Waals surface area contributed by atoms with Gasteiger partial charge in [0, 0.05) is 31.0 Å². The topological polar surface area (TPSA) is 29.5 Å². The number of nitrogens with zero attached hydrogens (tertiary/aromatic N) is 1. The summed E-state index contributed by atoms with van der Waals surface area (Å²) >= 11 is 0. The number of benzene rings is 2. The van der Waals surface area contributed by atoms with Crippen LogP contribution in [-0.2, 0) is 22.5 Å². The molecular formula is C23H26FNO2. The Kier molecular flexibility index (Phi) is 5.37. The van der Waals surface area contributed by atoms with E-state index in [-0.39, 0.29) is 29.6 Å². The molecule has 2 saturated heterocycles. The number of aryl methyl sites for hydroxylation is 1. The smallest absolute Gasteiger partial charge is 0.140 e. The molecule has 4 heteroatoms. The van der Waals surface area contributed by atoms with E-state index >= 15 is 0 Å². The van der Waals surface area contributed by atoms with Crippen molar-refractivity contribution in [1.82, 2.24) is 4.90 Å². The zero-order chi connectivity index (χ0) is 18.8. The second-order valence-corrected chi connectivity index (χ2v) is 7.89. The number of carbonyl (C=O) groups excluding carboxylic acids is 1. The van der Waals surface area contributed by atoms with Crippen molar-refractivity contribution in [3.05, 3.63) is 71.0 Å². The summed E-state index contributed by atoms with van der Waals surface area (Å²) in [5.74, 6) is 0.00454. The minimum atomic E-state index is -0.272. The summed E-state index contributed by atoms with van der Waals surface area (Å²) in [7, 11) is 0. The third-order valence-electron chi connectivity index (χ3n) is 6.01. The van der Waals surface area contributed by atoms with E-state index in [0.29, 0.717) is 19.6 Å². The second kappa shape index (κ2) is 7.91. The monoisotopic (exact) mass is 367 g/mol. The van der Waals surface area contributed by atoms with E-state index in [0.717, 1.165) is 30.5 Å². The third-order valence-corrected chi connectivity index (χ3v) is 6.01. The maximum Gasteiger partial charge on any atom is 0.140 e. The summed E-state index contributed by atoms with van der Waals surface area (Å²) in [4.78, 5) is 15.5. The molecule has 2 aromatic rings. The van der Waals surface area contributed by atoms with Crippen molar-refractivity contribution in [2.45, 2.75) is 44.8 Å². The molecule has 2 atom stereocenters. The van der Waals surface area contributed by atoms with E-state index < -0.39 is 0 Å². The molecule has 2 heterocycles. The standard InChI is InChI=1S/C23H26FNO2/c1-16-7-8-20(24)9-18(16)12-23(26)19-10-21-14-27-15-22(11-19)25(21)13-17-5-3-2-4-6-17/h2-9,19,21-22H,10-15H2,1H3. The molecule has 2 aliphatic rings. The Morgan fingerprint density at radius 3 is 2.52 bits per heavy atom. The summed E-state index contributed by atoms with van der Waals surface area (Å²) < 4.78 is 19.3. The van der Waals surface area contributed by atoms with Gasteiger partial charge in [-0.25, -0.2) is 4.39 Å². The van der Waals surface area contributed by atoms with Crippen molar-refractivity contribution < 1.29 is 13.9 Å². The summed E-state index contributed by atoms with van der Waals surface area (Å²) in [6.07, 6.45) is 1.99. The van der Waals surface area contributed by atoms with Crippen LogP contribution in [0.1, 0.15) is 29.5 Å². The van der Waals surface area contributed by atoms with Gasteiger partial charge >= 0.3 is 0 Å². The minimum absolute atomic E-state index is 0.0404. The van der Waals surface area contributed by atoms with Crippen molar-refractivity contribution in [1.29, 1.82) is 0 Å². The molecule has 0 N–H and O–H groups in total. The Morgan fingerprint density at radius 2 is 1.81 bits per heavy atom. The summed E-state index contributed by atoms with van der Waals surface area (Å²) in [6, 6.07) is 15.7. The van der Waals surface area contributed by atoms with E-state index in [2.05, 4.69) is 29.2 Å². The van der Waals surface area contributed by atoms with Crippen molar-refractivity contribution in [2.24, 2.45) is 5.92 Å². The van der Waals surface area contributed by atoms with E-state index in [1.165, 1.54) is 17.7 Å². The van der Waals surface area contributed by atoms with Gasteiger partial charge in [-0.2, -0.15) is 0 Å². The number of Topliss-reactive ketones (excluding diaryl/α,β-unsaturated/α-hetero) is 1. The number of hydrogen-bond donors (Lipinski definition) is 0. The fourth-order valence-corrected chi connectivity index (χ4v) is 4.47. The van der Waals surface area contributed by atoms with Crippen molar-refractivity contribution >= 4 is 5.78 Å². The highest BCUT2D eigenvalue weighted by atomic mass is 19.1. The molecule has 0 aliphatic carbocycles. The molecule has 2 aliphatic heterocycles. The number of fused-ring (bicyclic) bond motifs is 2. The lowest BCUT2D eigenvalue weighted by Crippen LogP contribution is -2.57. The van der Waals surface area contributed by atoms with Crippen LogP contribution in [0, 0.1) is 18.7 Å². The Morgan fingerprint density at radius 1 is 1.11 bits per heavy atom. The number of halogens is 1. The summed E-state index contributed by atoms with van der Waals surface area (Å²) in [5, 5.41) is 0. The molecule has 2 fully saturated rings. The molecular weight excluding hydrogens is 341 g/mol. The molecule has 0 aromatic heterocycles. The van der Waals surface area contributed by atoms with Crippen LogP contribution in [0.5, 0.6) is 0 Å². The number of carbonyl (C=O) groups is 1. The lowest BCUT2D eigenvalue weighted by atomic mass is 9.80. The SMILES string of the molecule is Cc1ccc(F)cc1CC(=O)C1CC2COCC(C1)N2Cc1ccccc1. The van der Waals surface area contributed by atoms with E-state index in [1.54, 1.807) is 6.07 Å². The lowest BCUT2D eigenvalue weighted by Gasteiger charge is -2.48. The molecule has 0 amide bonds. The molecule has 0 spiro atoms. The average molecular weight is 367 g/mol. The van der Waals surface area contributed by atoms with Crippen LogP contribution in [0.2, 0.25) is 0 Å². The molecule has 3 nitrogen and oxygen atoms in total. The van der Waals surface area contributed by atoms with Gasteiger partial charge in [-0.3, -0.25) is 9.69 Å². The van der Waals surface area contributed by atoms with Gasteiger partial charge in [-0.1, -0.05) is 36.4 Å². The summed E-state index contributed by atoms with van der Waals surface area (Å²) in [5.41, 5.74) is 3.09. The van der Waals surface area contributed by atoms with Gasteiger partial charge in [0.1, 0.15) is 11.6 Å². The first kappa shape index (κ1) is 18.3. The third kappa shape index (κ3) is 4.12. The van der Waals surface area contributed by atoms with Gasteiger partial charge in [0.25, 0.3) is 0 Å². The van der Waals surface area contributed by atoms with Crippen molar-refractivity contribution in [2.75, 3.05) is 13.2 Å². The zero-order valence-corrected chi connectivity index (χ0v) is 15.7. The van der Waals surface area contributed by atoms with E-state index in [1.807, 2.05) is 13.0 Å². The molecule has 27 heavy (non-hydrogen) atoms. The van der Waals surface area contributed by atoms with Gasteiger partial charge in [-0.15, -0.1) is 0 Å². The van der Waals surface area contributed by atoms with Crippen LogP contribution in [-0.4, -0.2) is 36.0 Å². The Hall–Kier alpha value is -2.04. The van der Waals surface area contributed by atoms with Gasteiger partial charge in [0.15, 0.2) is 0 Å². The molecule has 2 unspecified atom stereocenters. The van der Waals surface area contributed by atoms with Crippen molar-refractivity contribution in [3.63, 3.8) is 0 Å². The van der Waals surface area contributed by atoms with Crippen molar-refractivity contribution in [3.8, 4) is 0 Å². The molecule has 4 rings (SSSR count). The maximum atomic E-state index is 13.6. The first-order chi connectivity index (χ1) is 13.1. The molecule has 2 aromatic carbocycles. The number of hydrogen-bond acceptors (Lipinski definition) is 3.